The Morgan fingerprint density at radius 1 is 1.26 bits per heavy atom. The zero-order valence-electron chi connectivity index (χ0n) is 14.3. The molecule has 0 aromatic heterocycles. The minimum Gasteiger partial charge on any atom is -0.444 e. The molecule has 0 aliphatic carbocycles. The predicted octanol–water partition coefficient (Wildman–Crippen LogP) is 2.54. The quantitative estimate of drug-likeness (QED) is 0.895. The van der Waals surface area contributed by atoms with E-state index in [1.54, 1.807) is 0 Å². The smallest absolute Gasteiger partial charge is 0.408 e. The molecule has 1 saturated heterocycles. The van der Waals surface area contributed by atoms with Crippen LogP contribution in [0.5, 0.6) is 0 Å². The normalized spacial score (nSPS) is 18.4. The molecule has 5 heteroatoms. The zero-order chi connectivity index (χ0) is 16.9. The molecule has 0 unspecified atom stereocenters. The van der Waals surface area contributed by atoms with Crippen molar-refractivity contribution in [3.63, 3.8) is 0 Å². The van der Waals surface area contributed by atoms with E-state index in [-0.39, 0.29) is 6.61 Å². The van der Waals surface area contributed by atoms with Gasteiger partial charge in [-0.3, -0.25) is 4.90 Å². The van der Waals surface area contributed by atoms with E-state index in [9.17, 15) is 9.90 Å². The molecule has 23 heavy (non-hydrogen) atoms. The number of aliphatic hydroxyl groups excluding tert-OH is 1. The largest absolute Gasteiger partial charge is 0.444 e. The van der Waals surface area contributed by atoms with Gasteiger partial charge in [0.15, 0.2) is 0 Å². The highest BCUT2D eigenvalue weighted by atomic mass is 16.6. The molecule has 1 aliphatic rings. The van der Waals surface area contributed by atoms with Crippen molar-refractivity contribution >= 4 is 6.09 Å². The summed E-state index contributed by atoms with van der Waals surface area (Å²) in [6, 6.07) is 10.3. The van der Waals surface area contributed by atoms with Crippen molar-refractivity contribution in [1.29, 1.82) is 0 Å². The molecular weight excluding hydrogens is 292 g/mol. The summed E-state index contributed by atoms with van der Waals surface area (Å²) in [5.74, 6) is 0. The minimum atomic E-state index is -0.574. The number of rotatable bonds is 4. The van der Waals surface area contributed by atoms with Gasteiger partial charge in [-0.25, -0.2) is 4.79 Å². The molecule has 2 rings (SSSR count). The number of alkyl carbamates (subject to hydrolysis) is 1. The van der Waals surface area contributed by atoms with Crippen LogP contribution in [-0.4, -0.2) is 46.9 Å². The first kappa shape index (κ1) is 17.8. The fourth-order valence-electron chi connectivity index (χ4n) is 2.82. The van der Waals surface area contributed by atoms with E-state index in [0.717, 1.165) is 32.5 Å². The standard InChI is InChI=1S/C18H28N2O3/c1-17(2,3)23-16(22)19-18(14-21)9-11-20(12-10-18)13-15-7-5-4-6-8-15/h4-8,21H,9-14H2,1-3H3,(H,19,22). The van der Waals surface area contributed by atoms with Gasteiger partial charge in [0.1, 0.15) is 5.60 Å². The first-order valence-electron chi connectivity index (χ1n) is 8.20. The van der Waals surface area contributed by atoms with Gasteiger partial charge >= 0.3 is 6.09 Å². The van der Waals surface area contributed by atoms with Crippen molar-refractivity contribution in [2.24, 2.45) is 0 Å². The maximum absolute atomic E-state index is 12.0. The van der Waals surface area contributed by atoms with Crippen molar-refractivity contribution in [3.05, 3.63) is 35.9 Å². The summed E-state index contributed by atoms with van der Waals surface area (Å²) < 4.78 is 5.32. The van der Waals surface area contributed by atoms with Gasteiger partial charge in [-0.1, -0.05) is 30.3 Å². The number of amides is 1. The van der Waals surface area contributed by atoms with Gasteiger partial charge in [-0.2, -0.15) is 0 Å². The Morgan fingerprint density at radius 2 is 1.87 bits per heavy atom. The molecule has 0 bridgehead atoms. The summed E-state index contributed by atoms with van der Waals surface area (Å²) in [6.07, 6.45) is 0.980. The van der Waals surface area contributed by atoms with Crippen LogP contribution >= 0.6 is 0 Å². The summed E-state index contributed by atoms with van der Waals surface area (Å²) >= 11 is 0. The number of benzene rings is 1. The second kappa shape index (κ2) is 7.32. The van der Waals surface area contributed by atoms with Crippen LogP contribution in [0.25, 0.3) is 0 Å². The Bertz CT molecular complexity index is 503. The Morgan fingerprint density at radius 3 is 2.39 bits per heavy atom. The van der Waals surface area contributed by atoms with Crippen LogP contribution in [0.2, 0.25) is 0 Å². The number of hydrogen-bond acceptors (Lipinski definition) is 4. The molecule has 5 nitrogen and oxygen atoms in total. The molecule has 0 saturated carbocycles. The number of piperidine rings is 1. The van der Waals surface area contributed by atoms with Gasteiger partial charge in [-0.15, -0.1) is 0 Å². The van der Waals surface area contributed by atoms with Crippen LogP contribution in [0.15, 0.2) is 30.3 Å². The molecule has 128 valence electrons. The third-order valence-corrected chi connectivity index (χ3v) is 4.13. The van der Waals surface area contributed by atoms with Crippen LogP contribution in [0.3, 0.4) is 0 Å². The number of carbonyl (C=O) groups is 1. The highest BCUT2D eigenvalue weighted by Gasteiger charge is 2.36. The molecule has 1 aliphatic heterocycles. The lowest BCUT2D eigenvalue weighted by atomic mass is 9.88. The van der Waals surface area contributed by atoms with Gasteiger partial charge in [0.2, 0.25) is 0 Å². The second-order valence-electron chi connectivity index (χ2n) is 7.33. The van der Waals surface area contributed by atoms with Crippen LogP contribution in [0.1, 0.15) is 39.2 Å². The molecule has 1 heterocycles. The monoisotopic (exact) mass is 320 g/mol. The summed E-state index contributed by atoms with van der Waals surface area (Å²) in [5, 5.41) is 12.7. The van der Waals surface area contributed by atoms with E-state index in [2.05, 4.69) is 22.3 Å². The fraction of sp³-hybridized carbons (Fsp3) is 0.611. The lowest BCUT2D eigenvalue weighted by molar-refractivity contribution is 0.0265. The number of nitrogens with zero attached hydrogens (tertiary/aromatic N) is 1. The third-order valence-electron chi connectivity index (χ3n) is 4.13. The molecule has 0 spiro atoms. The molecule has 0 atom stereocenters. The highest BCUT2D eigenvalue weighted by Crippen LogP contribution is 2.24. The molecule has 0 radical (unpaired) electrons. The average Bonchev–Trinajstić information content (AvgIpc) is 2.48. The number of ether oxygens (including phenoxy) is 1. The van der Waals surface area contributed by atoms with Gasteiger partial charge in [0.05, 0.1) is 12.1 Å². The van der Waals surface area contributed by atoms with E-state index in [0.29, 0.717) is 0 Å². The summed E-state index contributed by atoms with van der Waals surface area (Å²) in [4.78, 5) is 14.4. The van der Waals surface area contributed by atoms with Crippen molar-refractivity contribution in [3.8, 4) is 0 Å². The zero-order valence-corrected chi connectivity index (χ0v) is 14.3. The van der Waals surface area contributed by atoms with Crippen molar-refractivity contribution in [2.45, 2.75) is 51.3 Å². The lowest BCUT2D eigenvalue weighted by Gasteiger charge is -2.41. The number of carbonyl (C=O) groups excluding carboxylic acids is 1. The highest BCUT2D eigenvalue weighted by molar-refractivity contribution is 5.68. The van der Waals surface area contributed by atoms with Gasteiger partial charge in [0.25, 0.3) is 0 Å². The molecule has 1 amide bonds. The minimum absolute atomic E-state index is 0.0641. The van der Waals surface area contributed by atoms with Crippen LogP contribution in [-0.2, 0) is 11.3 Å². The number of nitrogens with one attached hydrogen (secondary N) is 1. The average molecular weight is 320 g/mol. The molecule has 1 aromatic carbocycles. The first-order valence-corrected chi connectivity index (χ1v) is 8.20. The Hall–Kier alpha value is -1.59. The molecular formula is C18H28N2O3. The molecule has 1 aromatic rings. The molecule has 2 N–H and O–H groups in total. The Balaban J connectivity index is 1.88. The van der Waals surface area contributed by atoms with Crippen molar-refractivity contribution in [2.75, 3.05) is 19.7 Å². The number of hydrogen-bond donors (Lipinski definition) is 2. The van der Waals surface area contributed by atoms with Gasteiger partial charge in [-0.05, 0) is 39.2 Å². The topological polar surface area (TPSA) is 61.8 Å². The Kier molecular flexibility index (Phi) is 5.65. The first-order chi connectivity index (χ1) is 10.8. The Labute approximate surface area is 138 Å². The van der Waals surface area contributed by atoms with E-state index < -0.39 is 17.2 Å². The maximum Gasteiger partial charge on any atom is 0.408 e. The summed E-state index contributed by atoms with van der Waals surface area (Å²) in [6.45, 7) is 8.01. The third kappa shape index (κ3) is 5.52. The van der Waals surface area contributed by atoms with Crippen LogP contribution in [0.4, 0.5) is 4.79 Å². The van der Waals surface area contributed by atoms with Crippen molar-refractivity contribution < 1.29 is 14.6 Å². The van der Waals surface area contributed by atoms with Crippen LogP contribution < -0.4 is 5.32 Å². The summed E-state index contributed by atoms with van der Waals surface area (Å²) in [7, 11) is 0. The number of likely N-dealkylation sites (tertiary alicyclic amines) is 1. The van der Waals surface area contributed by atoms with E-state index in [1.807, 2.05) is 39.0 Å². The molecule has 1 fully saturated rings. The summed E-state index contributed by atoms with van der Waals surface area (Å²) in [5.41, 5.74) is 0.175. The number of aliphatic hydroxyl groups is 1. The fourth-order valence-corrected chi connectivity index (χ4v) is 2.82. The van der Waals surface area contributed by atoms with Crippen molar-refractivity contribution in [1.82, 2.24) is 10.2 Å². The lowest BCUT2D eigenvalue weighted by Crippen LogP contribution is -2.58. The maximum atomic E-state index is 12.0. The van der Waals surface area contributed by atoms with E-state index in [4.69, 9.17) is 4.74 Å². The predicted molar refractivity (Wildman–Crippen MR) is 90.1 cm³/mol. The van der Waals surface area contributed by atoms with E-state index in [1.165, 1.54) is 5.56 Å². The van der Waals surface area contributed by atoms with Gasteiger partial charge in [0, 0.05) is 19.6 Å². The van der Waals surface area contributed by atoms with Gasteiger partial charge < -0.3 is 15.2 Å². The van der Waals surface area contributed by atoms with E-state index >= 15 is 0 Å². The SMILES string of the molecule is CC(C)(C)OC(=O)NC1(CO)CCN(Cc2ccccc2)CC1. The second-order valence-corrected chi connectivity index (χ2v) is 7.33. The van der Waals surface area contributed by atoms with Crippen LogP contribution in [0, 0.1) is 0 Å².